The lowest BCUT2D eigenvalue weighted by Gasteiger charge is -2.63. The average Bonchev–Trinajstić information content (AvgIpc) is 3.01. The predicted octanol–water partition coefficient (Wildman–Crippen LogP) is 4.72. The summed E-state index contributed by atoms with van der Waals surface area (Å²) in [5.74, 6) is 2.35. The Labute approximate surface area is 176 Å². The third-order valence-electron chi connectivity index (χ3n) is 10.6. The molecule has 4 rings (SSSR count). The van der Waals surface area contributed by atoms with Crippen LogP contribution in [0.2, 0.25) is 0 Å². The minimum atomic E-state index is -0.728. The molecule has 0 radical (unpaired) electrons. The fourth-order valence-corrected chi connectivity index (χ4v) is 8.92. The Morgan fingerprint density at radius 1 is 1.07 bits per heavy atom. The van der Waals surface area contributed by atoms with E-state index in [1.807, 2.05) is 0 Å². The third-order valence-corrected chi connectivity index (χ3v) is 10.6. The maximum atomic E-state index is 11.5. The molecule has 4 saturated carbocycles. The number of rotatable bonds is 4. The molecule has 4 aliphatic rings. The van der Waals surface area contributed by atoms with E-state index in [0.717, 1.165) is 31.6 Å². The number of aliphatic hydroxyl groups is 2. The van der Waals surface area contributed by atoms with Crippen LogP contribution in [0.3, 0.4) is 0 Å². The lowest BCUT2D eigenvalue weighted by atomic mass is 9.42. The molecule has 0 saturated heterocycles. The van der Waals surface area contributed by atoms with Crippen LogP contribution in [-0.2, 0) is 4.79 Å². The van der Waals surface area contributed by atoms with Gasteiger partial charge >= 0.3 is 5.97 Å². The summed E-state index contributed by atoms with van der Waals surface area (Å²) < 4.78 is 0. The lowest BCUT2D eigenvalue weighted by Crippen LogP contribution is -2.62. The summed E-state index contributed by atoms with van der Waals surface area (Å²) in [6.45, 7) is 9.25. The molecule has 0 aromatic rings. The van der Waals surface area contributed by atoms with E-state index in [1.165, 1.54) is 19.3 Å². The van der Waals surface area contributed by atoms with Crippen LogP contribution in [0, 0.1) is 52.3 Å². The molecule has 0 spiro atoms. The van der Waals surface area contributed by atoms with Crippen molar-refractivity contribution in [3.05, 3.63) is 0 Å². The highest BCUT2D eigenvalue weighted by molar-refractivity contribution is 5.66. The van der Waals surface area contributed by atoms with Crippen LogP contribution < -0.4 is 0 Å². The Kier molecular flexibility index (Phi) is 5.60. The zero-order valence-corrected chi connectivity index (χ0v) is 18.8. The number of hydrogen-bond donors (Lipinski definition) is 3. The molecule has 3 N–H and O–H groups in total. The monoisotopic (exact) mass is 406 g/mol. The van der Waals surface area contributed by atoms with Crippen LogP contribution >= 0.6 is 0 Å². The highest BCUT2D eigenvalue weighted by Gasteiger charge is 2.65. The number of hydrogen-bond acceptors (Lipinski definition) is 3. The molecule has 3 unspecified atom stereocenters. The van der Waals surface area contributed by atoms with Gasteiger partial charge in [0, 0.05) is 6.42 Å². The van der Waals surface area contributed by atoms with Gasteiger partial charge in [0.05, 0.1) is 12.2 Å². The van der Waals surface area contributed by atoms with E-state index < -0.39 is 5.97 Å². The van der Waals surface area contributed by atoms with Crippen molar-refractivity contribution in [1.82, 2.24) is 0 Å². The molecule has 0 aromatic carbocycles. The fraction of sp³-hybridized carbons (Fsp3) is 0.960. The van der Waals surface area contributed by atoms with Gasteiger partial charge < -0.3 is 15.3 Å². The Balaban J connectivity index is 1.61. The topological polar surface area (TPSA) is 77.8 Å². The maximum absolute atomic E-state index is 11.5. The summed E-state index contributed by atoms with van der Waals surface area (Å²) >= 11 is 0. The summed E-state index contributed by atoms with van der Waals surface area (Å²) in [6, 6.07) is 0. The van der Waals surface area contributed by atoms with Crippen LogP contribution in [0.1, 0.15) is 85.5 Å². The van der Waals surface area contributed by atoms with Crippen LogP contribution in [0.25, 0.3) is 0 Å². The number of fused-ring (bicyclic) bond motifs is 5. The molecular weight excluding hydrogens is 364 g/mol. The van der Waals surface area contributed by atoms with E-state index in [2.05, 4.69) is 27.7 Å². The first-order valence-electron chi connectivity index (χ1n) is 12.2. The summed E-state index contributed by atoms with van der Waals surface area (Å²) in [4.78, 5) is 11.1. The van der Waals surface area contributed by atoms with Gasteiger partial charge in [0.25, 0.3) is 0 Å². The zero-order chi connectivity index (χ0) is 21.1. The van der Waals surface area contributed by atoms with E-state index in [1.54, 1.807) is 0 Å². The normalized spacial score (nSPS) is 52.9. The van der Waals surface area contributed by atoms with Crippen molar-refractivity contribution in [3.8, 4) is 0 Å². The first-order chi connectivity index (χ1) is 13.6. The molecular formula is C25H42O4. The second-order valence-electron chi connectivity index (χ2n) is 11.9. The summed E-state index contributed by atoms with van der Waals surface area (Å²) in [5, 5.41) is 32.0. The molecule has 4 aliphatic carbocycles. The molecule has 4 nitrogen and oxygen atoms in total. The second kappa shape index (κ2) is 7.51. The third kappa shape index (κ3) is 3.28. The van der Waals surface area contributed by atoms with Crippen LogP contribution in [0.4, 0.5) is 0 Å². The molecule has 166 valence electrons. The van der Waals surface area contributed by atoms with Gasteiger partial charge in [-0.2, -0.15) is 0 Å². The van der Waals surface area contributed by atoms with Gasteiger partial charge in [-0.15, -0.1) is 0 Å². The predicted molar refractivity (Wildman–Crippen MR) is 113 cm³/mol. The molecule has 4 fully saturated rings. The van der Waals surface area contributed by atoms with Crippen molar-refractivity contribution in [1.29, 1.82) is 0 Å². The second-order valence-corrected chi connectivity index (χ2v) is 11.9. The minimum absolute atomic E-state index is 0.189. The molecule has 29 heavy (non-hydrogen) atoms. The maximum Gasteiger partial charge on any atom is 0.303 e. The molecule has 0 heterocycles. The standard InChI is InChI=1S/C25H42O4/c1-14-9-10-24(3)16(11-14)12-20(26)23-18-7-6-17(15(2)5-8-22(28)29)25(18,4)21(27)13-19(23)24/h14-21,23,26-27H,5-13H2,1-4H3,(H,28,29)/t14-,15+,16-,17+,18?,19?,20+,21-,23?,24-,25+/m0/s1. The first kappa shape index (κ1) is 21.6. The molecule has 11 atom stereocenters. The van der Waals surface area contributed by atoms with E-state index in [4.69, 9.17) is 5.11 Å². The number of aliphatic carboxylic acids is 1. The smallest absolute Gasteiger partial charge is 0.303 e. The van der Waals surface area contributed by atoms with Gasteiger partial charge in [-0.3, -0.25) is 4.79 Å². The minimum Gasteiger partial charge on any atom is -0.481 e. The molecule has 0 amide bonds. The van der Waals surface area contributed by atoms with Crippen LogP contribution in [0.15, 0.2) is 0 Å². The molecule has 4 heteroatoms. The van der Waals surface area contributed by atoms with E-state index in [-0.39, 0.29) is 29.5 Å². The van der Waals surface area contributed by atoms with Crippen molar-refractivity contribution < 1.29 is 20.1 Å². The lowest BCUT2D eigenvalue weighted by molar-refractivity contribution is -0.203. The van der Waals surface area contributed by atoms with Crippen LogP contribution in [-0.4, -0.2) is 33.5 Å². The number of carboxylic acids is 1. The Morgan fingerprint density at radius 2 is 1.79 bits per heavy atom. The number of aliphatic hydroxyl groups excluding tert-OH is 2. The largest absolute Gasteiger partial charge is 0.481 e. The molecule has 0 aliphatic heterocycles. The van der Waals surface area contributed by atoms with Crippen molar-refractivity contribution in [2.75, 3.05) is 0 Å². The Hall–Kier alpha value is -0.610. The summed E-state index contributed by atoms with van der Waals surface area (Å²) in [7, 11) is 0. The fourth-order valence-electron chi connectivity index (χ4n) is 8.92. The Morgan fingerprint density at radius 3 is 2.48 bits per heavy atom. The van der Waals surface area contributed by atoms with Crippen molar-refractivity contribution in [2.24, 2.45) is 52.3 Å². The van der Waals surface area contributed by atoms with Crippen LogP contribution in [0.5, 0.6) is 0 Å². The van der Waals surface area contributed by atoms with Crippen molar-refractivity contribution in [2.45, 2.75) is 97.7 Å². The highest BCUT2D eigenvalue weighted by Crippen LogP contribution is 2.68. The van der Waals surface area contributed by atoms with Gasteiger partial charge in [-0.1, -0.05) is 34.1 Å². The highest BCUT2D eigenvalue weighted by atomic mass is 16.4. The van der Waals surface area contributed by atoms with Gasteiger partial charge in [0.1, 0.15) is 0 Å². The van der Waals surface area contributed by atoms with Gasteiger partial charge in [0.2, 0.25) is 0 Å². The van der Waals surface area contributed by atoms with Gasteiger partial charge in [-0.25, -0.2) is 0 Å². The van der Waals surface area contributed by atoms with Crippen molar-refractivity contribution >= 4 is 5.97 Å². The number of carbonyl (C=O) groups is 1. The Bertz CT molecular complexity index is 634. The average molecular weight is 407 g/mol. The molecule has 0 aromatic heterocycles. The summed E-state index contributed by atoms with van der Waals surface area (Å²) in [6.07, 6.45) is 7.94. The van der Waals surface area contributed by atoms with Crippen molar-refractivity contribution in [3.63, 3.8) is 0 Å². The first-order valence-corrected chi connectivity index (χ1v) is 12.2. The zero-order valence-electron chi connectivity index (χ0n) is 18.8. The molecule has 0 bridgehead atoms. The summed E-state index contributed by atoms with van der Waals surface area (Å²) in [5.41, 5.74) is 0.0664. The van der Waals surface area contributed by atoms with E-state index >= 15 is 0 Å². The van der Waals surface area contributed by atoms with Gasteiger partial charge in [0.15, 0.2) is 0 Å². The van der Waals surface area contributed by atoms with E-state index in [9.17, 15) is 15.0 Å². The SMILES string of the molecule is C[C@H]1CC[C@]2(C)C3C[C@H](O)[C@@]4(C)C(CC[C@@H]4[C@H](C)CCC(=O)O)C3[C@H](O)C[C@@H]2C1. The van der Waals surface area contributed by atoms with Gasteiger partial charge in [-0.05, 0) is 97.2 Å². The number of carboxylic acid groups (broad SMARTS) is 1. The van der Waals surface area contributed by atoms with E-state index in [0.29, 0.717) is 41.9 Å². The quantitative estimate of drug-likeness (QED) is 0.631.